The lowest BCUT2D eigenvalue weighted by molar-refractivity contribution is -0.0453. The fourth-order valence-corrected chi connectivity index (χ4v) is 5.59. The van der Waals surface area contributed by atoms with Crippen LogP contribution in [0, 0.1) is 0 Å². The van der Waals surface area contributed by atoms with E-state index in [9.17, 15) is 0 Å². The van der Waals surface area contributed by atoms with Crippen molar-refractivity contribution in [1.29, 1.82) is 0 Å². The van der Waals surface area contributed by atoms with E-state index in [1.165, 1.54) is 5.69 Å². The van der Waals surface area contributed by atoms with Crippen LogP contribution in [0.5, 0.6) is 5.75 Å². The molecule has 1 N–H and O–H groups in total. The lowest BCUT2D eigenvalue weighted by Gasteiger charge is -2.41. The molecule has 0 radical (unpaired) electrons. The van der Waals surface area contributed by atoms with E-state index in [1.54, 1.807) is 7.11 Å². The Morgan fingerprint density at radius 2 is 2.03 bits per heavy atom. The number of anilines is 1. The number of hydrogen-bond acceptors (Lipinski definition) is 5. The van der Waals surface area contributed by atoms with Crippen LogP contribution in [-0.2, 0) is 16.8 Å². The molecule has 2 fully saturated rings. The lowest BCUT2D eigenvalue weighted by atomic mass is 9.79. The molecular formula is C25H28N4O2. The predicted octanol–water partition coefficient (Wildman–Crippen LogP) is 3.96. The second-order valence-corrected chi connectivity index (χ2v) is 9.10. The summed E-state index contributed by atoms with van der Waals surface area (Å²) in [5, 5.41) is 3.86. The molecule has 31 heavy (non-hydrogen) atoms. The molecule has 1 atom stereocenters. The van der Waals surface area contributed by atoms with Gasteiger partial charge in [0.25, 0.3) is 0 Å². The molecule has 2 saturated heterocycles. The number of rotatable bonds is 3. The topological polar surface area (TPSA) is 51.5 Å². The fourth-order valence-electron chi connectivity index (χ4n) is 5.59. The van der Waals surface area contributed by atoms with Crippen molar-refractivity contribution in [3.8, 4) is 11.4 Å². The largest absolute Gasteiger partial charge is 0.497 e. The van der Waals surface area contributed by atoms with Crippen LogP contribution in [0.2, 0.25) is 0 Å². The van der Waals surface area contributed by atoms with Gasteiger partial charge in [0.15, 0.2) is 0 Å². The SMILES string of the molecule is COc1ccc2c(c1)NC1(COC3(CCN(Cc4ccccn4)CC3)C1)c1cccn1-2. The smallest absolute Gasteiger partial charge is 0.121 e. The standard InChI is InChI=1S/C25H28N4O2/c1-30-20-7-8-22-21(15-20)27-25(23-6-4-12-29(22)23)17-24(31-18-25)9-13-28(14-10-24)16-19-5-2-3-11-26-19/h2-8,11-12,15,27H,9-10,13-14,16-18H2,1H3. The lowest BCUT2D eigenvalue weighted by Crippen LogP contribution is -2.46. The minimum atomic E-state index is -0.202. The zero-order chi connectivity index (χ0) is 20.9. The van der Waals surface area contributed by atoms with Crippen molar-refractivity contribution in [2.24, 2.45) is 0 Å². The highest BCUT2D eigenvalue weighted by molar-refractivity contribution is 5.69. The van der Waals surface area contributed by atoms with Gasteiger partial charge in [0, 0.05) is 44.5 Å². The summed E-state index contributed by atoms with van der Waals surface area (Å²) in [5.74, 6) is 0.869. The number of nitrogens with zero attached hydrogens (tertiary/aromatic N) is 3. The minimum Gasteiger partial charge on any atom is -0.497 e. The first-order valence-electron chi connectivity index (χ1n) is 11.1. The number of piperidine rings is 1. The maximum Gasteiger partial charge on any atom is 0.121 e. The van der Waals surface area contributed by atoms with E-state index in [4.69, 9.17) is 9.47 Å². The van der Waals surface area contributed by atoms with Crippen LogP contribution in [0.1, 0.15) is 30.7 Å². The summed E-state index contributed by atoms with van der Waals surface area (Å²) in [6.07, 6.45) is 7.12. The predicted molar refractivity (Wildman–Crippen MR) is 120 cm³/mol. The van der Waals surface area contributed by atoms with Gasteiger partial charge in [-0.2, -0.15) is 0 Å². The quantitative estimate of drug-likeness (QED) is 0.701. The molecule has 3 aliphatic rings. The summed E-state index contributed by atoms with van der Waals surface area (Å²) >= 11 is 0. The van der Waals surface area contributed by atoms with Gasteiger partial charge in [-0.1, -0.05) is 6.07 Å². The molecule has 0 aliphatic carbocycles. The molecule has 6 rings (SSSR count). The first-order valence-corrected chi connectivity index (χ1v) is 11.1. The van der Waals surface area contributed by atoms with Gasteiger partial charge in [0.05, 0.1) is 42.1 Å². The molecule has 1 unspecified atom stereocenters. The van der Waals surface area contributed by atoms with E-state index < -0.39 is 0 Å². The molecule has 2 aromatic heterocycles. The van der Waals surface area contributed by atoms with E-state index in [-0.39, 0.29) is 11.1 Å². The molecule has 6 heteroatoms. The number of aromatic nitrogens is 2. The van der Waals surface area contributed by atoms with Crippen LogP contribution in [0.4, 0.5) is 5.69 Å². The van der Waals surface area contributed by atoms with Crippen LogP contribution < -0.4 is 10.1 Å². The second kappa shape index (κ2) is 7.11. The molecule has 5 heterocycles. The fraction of sp³-hybridized carbons (Fsp3) is 0.400. The number of ether oxygens (including phenoxy) is 2. The number of methoxy groups -OCH3 is 1. The zero-order valence-corrected chi connectivity index (χ0v) is 17.9. The van der Waals surface area contributed by atoms with Crippen molar-refractivity contribution in [1.82, 2.24) is 14.5 Å². The second-order valence-electron chi connectivity index (χ2n) is 9.10. The Kier molecular flexibility index (Phi) is 4.33. The zero-order valence-electron chi connectivity index (χ0n) is 17.9. The normalized spacial score (nSPS) is 24.0. The van der Waals surface area contributed by atoms with E-state index in [0.717, 1.165) is 61.7 Å². The molecule has 3 aliphatic heterocycles. The summed E-state index contributed by atoms with van der Waals surface area (Å²) in [5.41, 5.74) is 4.43. The third-order valence-electron chi connectivity index (χ3n) is 7.20. The van der Waals surface area contributed by atoms with E-state index >= 15 is 0 Å². The Labute approximate surface area is 182 Å². The van der Waals surface area contributed by atoms with E-state index in [0.29, 0.717) is 6.61 Å². The summed E-state index contributed by atoms with van der Waals surface area (Å²) in [4.78, 5) is 6.99. The Bertz CT molecular complexity index is 1090. The van der Waals surface area contributed by atoms with Gasteiger partial charge in [-0.25, -0.2) is 0 Å². The highest BCUT2D eigenvalue weighted by Gasteiger charge is 2.53. The summed E-state index contributed by atoms with van der Waals surface area (Å²) in [7, 11) is 1.72. The van der Waals surface area contributed by atoms with Crippen LogP contribution >= 0.6 is 0 Å². The van der Waals surface area contributed by atoms with Gasteiger partial charge < -0.3 is 19.4 Å². The van der Waals surface area contributed by atoms with Crippen molar-refractivity contribution >= 4 is 5.69 Å². The van der Waals surface area contributed by atoms with Crippen molar-refractivity contribution < 1.29 is 9.47 Å². The van der Waals surface area contributed by atoms with E-state index in [1.807, 2.05) is 18.3 Å². The molecule has 0 amide bonds. The number of pyridine rings is 1. The number of fused-ring (bicyclic) bond motifs is 4. The van der Waals surface area contributed by atoms with Crippen LogP contribution in [-0.4, -0.2) is 46.9 Å². The third kappa shape index (κ3) is 3.13. The molecule has 2 spiro atoms. The number of likely N-dealkylation sites (tertiary alicyclic amines) is 1. The average molecular weight is 417 g/mol. The van der Waals surface area contributed by atoms with Crippen LogP contribution in [0.25, 0.3) is 5.69 Å². The van der Waals surface area contributed by atoms with E-state index in [2.05, 4.69) is 62.4 Å². The average Bonchev–Trinajstić information content (AvgIpc) is 3.43. The Morgan fingerprint density at radius 3 is 2.84 bits per heavy atom. The van der Waals surface area contributed by atoms with Gasteiger partial charge in [0.2, 0.25) is 0 Å². The van der Waals surface area contributed by atoms with Crippen molar-refractivity contribution in [3.63, 3.8) is 0 Å². The monoisotopic (exact) mass is 416 g/mol. The molecule has 1 aromatic carbocycles. The third-order valence-corrected chi connectivity index (χ3v) is 7.20. The maximum atomic E-state index is 6.62. The summed E-state index contributed by atoms with van der Waals surface area (Å²) in [6.45, 7) is 3.68. The van der Waals surface area contributed by atoms with Gasteiger partial charge in [-0.05, 0) is 49.2 Å². The Balaban J connectivity index is 1.23. The molecule has 3 aromatic rings. The Morgan fingerprint density at radius 1 is 1.13 bits per heavy atom. The van der Waals surface area contributed by atoms with Crippen molar-refractivity contribution in [2.75, 3.05) is 32.1 Å². The van der Waals surface area contributed by atoms with Crippen molar-refractivity contribution in [2.45, 2.75) is 36.9 Å². The first-order chi connectivity index (χ1) is 15.2. The van der Waals surface area contributed by atoms with Gasteiger partial charge in [0.1, 0.15) is 11.3 Å². The minimum absolute atomic E-state index is 0.0704. The van der Waals surface area contributed by atoms with Crippen LogP contribution in [0.3, 0.4) is 0 Å². The highest BCUT2D eigenvalue weighted by atomic mass is 16.5. The first kappa shape index (κ1) is 18.9. The molecule has 160 valence electrons. The van der Waals surface area contributed by atoms with Gasteiger partial charge in [-0.3, -0.25) is 9.88 Å². The summed E-state index contributed by atoms with van der Waals surface area (Å²) < 4.78 is 14.4. The molecule has 6 nitrogen and oxygen atoms in total. The number of nitrogens with one attached hydrogen (secondary N) is 1. The van der Waals surface area contributed by atoms with Gasteiger partial charge >= 0.3 is 0 Å². The van der Waals surface area contributed by atoms with Gasteiger partial charge in [-0.15, -0.1) is 0 Å². The number of hydrogen-bond donors (Lipinski definition) is 1. The number of benzene rings is 1. The summed E-state index contributed by atoms with van der Waals surface area (Å²) in [6, 6.07) is 16.8. The van der Waals surface area contributed by atoms with Crippen LogP contribution in [0.15, 0.2) is 60.9 Å². The molecular weight excluding hydrogens is 388 g/mol. The van der Waals surface area contributed by atoms with Crippen molar-refractivity contribution in [3.05, 3.63) is 72.3 Å². The highest BCUT2D eigenvalue weighted by Crippen LogP contribution is 2.50. The Hall–Kier alpha value is -2.83. The molecule has 0 saturated carbocycles. The maximum absolute atomic E-state index is 6.62. The molecule has 0 bridgehead atoms.